The molecule has 1 unspecified atom stereocenters. The second-order valence-electron chi connectivity index (χ2n) is 6.60. The van der Waals surface area contributed by atoms with Crippen LogP contribution in [-0.2, 0) is 4.74 Å². The fourth-order valence-electron chi connectivity index (χ4n) is 2.67. The van der Waals surface area contributed by atoms with E-state index in [4.69, 9.17) is 27.9 Å². The summed E-state index contributed by atoms with van der Waals surface area (Å²) in [7, 11) is 0. The highest BCUT2D eigenvalue weighted by Crippen LogP contribution is 2.34. The van der Waals surface area contributed by atoms with E-state index < -0.39 is 0 Å². The van der Waals surface area contributed by atoms with Crippen LogP contribution in [0.1, 0.15) is 39.3 Å². The van der Waals surface area contributed by atoms with Crippen LogP contribution in [0, 0.1) is 5.92 Å². The van der Waals surface area contributed by atoms with Gasteiger partial charge in [-0.05, 0) is 62.9 Å². The molecule has 0 bridgehead atoms. The van der Waals surface area contributed by atoms with Crippen LogP contribution in [0.5, 0.6) is 0 Å². The Hall–Kier alpha value is -1.10. The van der Waals surface area contributed by atoms with Crippen LogP contribution in [0.25, 0.3) is 11.1 Å². The van der Waals surface area contributed by atoms with Gasteiger partial charge in [0.2, 0.25) is 5.28 Å². The van der Waals surface area contributed by atoms with Gasteiger partial charge in [-0.25, -0.2) is 9.50 Å². The fraction of sp³-hybridized carbons (Fsp3) is 0.500. The van der Waals surface area contributed by atoms with Gasteiger partial charge in [0.15, 0.2) is 5.15 Å². The molecule has 4 nitrogen and oxygen atoms in total. The summed E-state index contributed by atoms with van der Waals surface area (Å²) in [5.74, 6) is 0.438. The molecular formula is C16H19Cl2N3O. The third kappa shape index (κ3) is 3.29. The molecule has 0 radical (unpaired) electrons. The lowest BCUT2D eigenvalue weighted by Crippen LogP contribution is -2.22. The van der Waals surface area contributed by atoms with Gasteiger partial charge in [0, 0.05) is 5.92 Å². The van der Waals surface area contributed by atoms with Crippen molar-refractivity contribution in [2.75, 3.05) is 6.61 Å². The van der Waals surface area contributed by atoms with Crippen molar-refractivity contribution >= 4 is 34.3 Å². The van der Waals surface area contributed by atoms with Crippen LogP contribution in [0.3, 0.4) is 0 Å². The van der Waals surface area contributed by atoms with Crippen molar-refractivity contribution < 1.29 is 4.74 Å². The quantitative estimate of drug-likeness (QED) is 0.817. The van der Waals surface area contributed by atoms with E-state index in [1.165, 1.54) is 5.57 Å². The number of halogens is 2. The molecule has 6 heteroatoms. The molecule has 0 N–H and O–H groups in total. The molecule has 1 aliphatic carbocycles. The Kier molecular flexibility index (Phi) is 4.19. The predicted molar refractivity (Wildman–Crippen MR) is 89.4 cm³/mol. The van der Waals surface area contributed by atoms with Crippen molar-refractivity contribution in [2.24, 2.45) is 5.92 Å². The first-order chi connectivity index (χ1) is 10.3. The third-order valence-electron chi connectivity index (χ3n) is 3.72. The molecule has 22 heavy (non-hydrogen) atoms. The average molecular weight is 340 g/mol. The number of nitrogens with zero attached hydrogens (tertiary/aromatic N) is 3. The predicted octanol–water partition coefficient (Wildman–Crippen LogP) is 4.64. The lowest BCUT2D eigenvalue weighted by atomic mass is 10.1. The first-order valence-corrected chi connectivity index (χ1v) is 8.15. The molecule has 118 valence electrons. The van der Waals surface area contributed by atoms with Crippen LogP contribution >= 0.6 is 23.2 Å². The first kappa shape index (κ1) is 15.8. The molecule has 0 amide bonds. The highest BCUT2D eigenvalue weighted by molar-refractivity contribution is 6.34. The number of rotatable bonds is 3. The first-order valence-electron chi connectivity index (χ1n) is 7.39. The van der Waals surface area contributed by atoms with E-state index in [2.05, 4.69) is 36.9 Å². The minimum absolute atomic E-state index is 0.105. The number of allylic oxidation sites excluding steroid dienone is 1. The Bertz CT molecular complexity index is 731. The summed E-state index contributed by atoms with van der Waals surface area (Å²) in [5.41, 5.74) is 2.95. The van der Waals surface area contributed by atoms with Crippen molar-refractivity contribution in [2.45, 2.75) is 39.2 Å². The number of ether oxygens (including phenoxy) is 1. The largest absolute Gasteiger partial charge is 0.375 e. The summed E-state index contributed by atoms with van der Waals surface area (Å²) in [4.78, 5) is 3.97. The smallest absolute Gasteiger partial charge is 0.242 e. The van der Waals surface area contributed by atoms with Crippen molar-refractivity contribution in [3.05, 3.63) is 34.3 Å². The molecule has 2 aromatic heterocycles. The zero-order valence-electron chi connectivity index (χ0n) is 12.9. The summed E-state index contributed by atoms with van der Waals surface area (Å²) in [6.45, 7) is 6.98. The summed E-state index contributed by atoms with van der Waals surface area (Å²) in [5, 5.41) is 4.79. The maximum Gasteiger partial charge on any atom is 0.242 e. The van der Waals surface area contributed by atoms with E-state index in [0.29, 0.717) is 11.1 Å². The fourth-order valence-corrected chi connectivity index (χ4v) is 3.10. The Labute approximate surface area is 140 Å². The van der Waals surface area contributed by atoms with Crippen LogP contribution in [0.4, 0.5) is 0 Å². The van der Waals surface area contributed by atoms with E-state index in [1.807, 2.05) is 12.1 Å². The van der Waals surface area contributed by atoms with Crippen LogP contribution in [0.2, 0.25) is 10.4 Å². The minimum Gasteiger partial charge on any atom is -0.375 e. The van der Waals surface area contributed by atoms with Crippen molar-refractivity contribution in [1.82, 2.24) is 14.6 Å². The van der Waals surface area contributed by atoms with Crippen LogP contribution in [0.15, 0.2) is 18.2 Å². The van der Waals surface area contributed by atoms with Crippen molar-refractivity contribution in [1.29, 1.82) is 0 Å². The monoisotopic (exact) mass is 339 g/mol. The normalized spacial score (nSPS) is 19.0. The maximum atomic E-state index is 6.12. The maximum absolute atomic E-state index is 6.12. The number of hydrogen-bond donors (Lipinski definition) is 0. The molecule has 0 saturated heterocycles. The Balaban J connectivity index is 1.86. The zero-order valence-corrected chi connectivity index (χ0v) is 14.4. The summed E-state index contributed by atoms with van der Waals surface area (Å²) < 4.78 is 7.66. The van der Waals surface area contributed by atoms with Gasteiger partial charge in [0.25, 0.3) is 0 Å². The summed E-state index contributed by atoms with van der Waals surface area (Å²) in [6.07, 6.45) is 4.37. The van der Waals surface area contributed by atoms with E-state index in [-0.39, 0.29) is 10.9 Å². The number of aromatic nitrogens is 3. The van der Waals surface area contributed by atoms with E-state index >= 15 is 0 Å². The van der Waals surface area contributed by atoms with Gasteiger partial charge in [-0.1, -0.05) is 17.7 Å². The van der Waals surface area contributed by atoms with Gasteiger partial charge < -0.3 is 4.74 Å². The highest BCUT2D eigenvalue weighted by Gasteiger charge is 2.22. The Morgan fingerprint density at radius 3 is 2.82 bits per heavy atom. The van der Waals surface area contributed by atoms with E-state index in [9.17, 15) is 0 Å². The van der Waals surface area contributed by atoms with Crippen molar-refractivity contribution in [3.8, 4) is 0 Å². The lowest BCUT2D eigenvalue weighted by Gasteiger charge is -2.21. The van der Waals surface area contributed by atoms with Gasteiger partial charge in [-0.15, -0.1) is 5.10 Å². The molecular weight excluding hydrogens is 321 g/mol. The molecule has 2 aromatic rings. The van der Waals surface area contributed by atoms with Gasteiger partial charge >= 0.3 is 0 Å². The highest BCUT2D eigenvalue weighted by atomic mass is 35.5. The second-order valence-corrected chi connectivity index (χ2v) is 7.30. The molecule has 0 saturated carbocycles. The van der Waals surface area contributed by atoms with E-state index in [0.717, 1.165) is 30.7 Å². The van der Waals surface area contributed by atoms with Crippen molar-refractivity contribution in [3.63, 3.8) is 0 Å². The molecule has 2 heterocycles. The Morgan fingerprint density at radius 1 is 1.32 bits per heavy atom. The lowest BCUT2D eigenvalue weighted by molar-refractivity contribution is -0.0152. The molecule has 0 fully saturated rings. The standard InChI is InChI=1S/C16H19Cl2N3O/c1-16(2,3)22-9-10-4-5-11(8-10)12-6-7-13-14(17)19-15(18)20-21(12)13/h6-8,10H,4-5,9H2,1-3H3. The number of hydrogen-bond acceptors (Lipinski definition) is 3. The second kappa shape index (κ2) is 5.84. The molecule has 0 aromatic carbocycles. The summed E-state index contributed by atoms with van der Waals surface area (Å²) >= 11 is 12.0. The summed E-state index contributed by atoms with van der Waals surface area (Å²) in [6, 6.07) is 3.94. The van der Waals surface area contributed by atoms with Gasteiger partial charge in [0.05, 0.1) is 17.9 Å². The molecule has 1 atom stereocenters. The minimum atomic E-state index is -0.105. The SMILES string of the molecule is CC(C)(C)OCC1C=C(c2ccc3c(Cl)nc(Cl)nn23)CC1. The van der Waals surface area contributed by atoms with Gasteiger partial charge in [-0.3, -0.25) is 0 Å². The van der Waals surface area contributed by atoms with Gasteiger partial charge in [0.1, 0.15) is 5.52 Å². The zero-order chi connectivity index (χ0) is 15.9. The van der Waals surface area contributed by atoms with Gasteiger partial charge in [-0.2, -0.15) is 0 Å². The average Bonchev–Trinajstić information content (AvgIpc) is 3.01. The molecule has 3 rings (SSSR count). The topological polar surface area (TPSA) is 39.4 Å². The third-order valence-corrected chi connectivity index (χ3v) is 4.16. The number of fused-ring (bicyclic) bond motifs is 1. The molecule has 0 aliphatic heterocycles. The Morgan fingerprint density at radius 2 is 2.09 bits per heavy atom. The molecule has 1 aliphatic rings. The van der Waals surface area contributed by atoms with E-state index in [1.54, 1.807) is 4.52 Å². The van der Waals surface area contributed by atoms with Crippen LogP contribution in [-0.4, -0.2) is 26.8 Å². The molecule has 0 spiro atoms. The van der Waals surface area contributed by atoms with Crippen LogP contribution < -0.4 is 0 Å².